The molecule has 0 rings (SSSR count). The number of hydrogen-bond acceptors (Lipinski definition) is 2. The molecule has 0 aliphatic heterocycles. The maximum absolute atomic E-state index is 11.1. The lowest BCUT2D eigenvalue weighted by Gasteiger charge is -2.23. The molecule has 0 N–H and O–H groups in total. The second-order valence-corrected chi connectivity index (χ2v) is 6.21. The highest BCUT2D eigenvalue weighted by atomic mass is 16.5. The fourth-order valence-corrected chi connectivity index (χ4v) is 1.66. The van der Waals surface area contributed by atoms with Gasteiger partial charge in [-0.25, -0.2) is 4.79 Å². The summed E-state index contributed by atoms with van der Waals surface area (Å²) in [5, 5.41) is 0. The Kier molecular flexibility index (Phi) is 9.58. The molecule has 111 valence electrons. The SMILES string of the molecule is C=C(C)C(=O)OCCCCCC[CH]CC[N+](C)(C)C. The van der Waals surface area contributed by atoms with Crippen molar-refractivity contribution in [2.24, 2.45) is 0 Å². The summed E-state index contributed by atoms with van der Waals surface area (Å²) in [7, 11) is 6.67. The summed E-state index contributed by atoms with van der Waals surface area (Å²) in [6.45, 7) is 6.95. The Morgan fingerprint density at radius 1 is 1.11 bits per heavy atom. The van der Waals surface area contributed by atoms with Gasteiger partial charge in [-0.05, 0) is 32.6 Å². The third-order valence-electron chi connectivity index (χ3n) is 2.89. The highest BCUT2D eigenvalue weighted by Gasteiger charge is 2.05. The molecule has 0 aromatic rings. The molecule has 0 saturated heterocycles. The van der Waals surface area contributed by atoms with Gasteiger partial charge in [0, 0.05) is 5.57 Å². The quantitative estimate of drug-likeness (QED) is 0.249. The van der Waals surface area contributed by atoms with Crippen molar-refractivity contribution < 1.29 is 14.0 Å². The number of nitrogens with zero attached hydrogens (tertiary/aromatic N) is 1. The first-order chi connectivity index (χ1) is 8.83. The molecular weight excluding hydrogens is 238 g/mol. The molecule has 0 fully saturated rings. The van der Waals surface area contributed by atoms with E-state index < -0.39 is 0 Å². The first-order valence-corrected chi connectivity index (χ1v) is 7.27. The van der Waals surface area contributed by atoms with Crippen LogP contribution in [0.3, 0.4) is 0 Å². The normalized spacial score (nSPS) is 11.4. The molecule has 1 radical (unpaired) electrons. The minimum Gasteiger partial charge on any atom is -0.462 e. The maximum atomic E-state index is 11.1. The predicted octanol–water partition coefficient (Wildman–Crippen LogP) is 3.36. The molecule has 0 spiro atoms. The Balaban J connectivity index is 3.20. The fraction of sp³-hybridized carbons (Fsp3) is 0.750. The number of carbonyl (C=O) groups excluding carboxylic acids is 1. The van der Waals surface area contributed by atoms with Gasteiger partial charge in [0.2, 0.25) is 0 Å². The highest BCUT2D eigenvalue weighted by molar-refractivity contribution is 5.86. The molecule has 19 heavy (non-hydrogen) atoms. The standard InChI is InChI=1S/C16H31NO2/c1-15(2)16(18)19-14-12-10-8-6-7-9-11-13-17(3,4)5/h9H,1,6-8,10-14H2,2-5H3/q+1. The van der Waals surface area contributed by atoms with E-state index in [1.54, 1.807) is 6.92 Å². The van der Waals surface area contributed by atoms with E-state index in [1.807, 2.05) is 0 Å². The van der Waals surface area contributed by atoms with Crippen molar-refractivity contribution in [2.75, 3.05) is 34.3 Å². The molecule has 0 aromatic carbocycles. The van der Waals surface area contributed by atoms with Crippen molar-refractivity contribution in [2.45, 2.75) is 45.4 Å². The average molecular weight is 269 g/mol. The Morgan fingerprint density at radius 2 is 1.74 bits per heavy atom. The second-order valence-electron chi connectivity index (χ2n) is 6.21. The van der Waals surface area contributed by atoms with Gasteiger partial charge >= 0.3 is 5.97 Å². The van der Waals surface area contributed by atoms with Crippen LogP contribution in [0.4, 0.5) is 0 Å². The van der Waals surface area contributed by atoms with Gasteiger partial charge in [-0.15, -0.1) is 0 Å². The minimum absolute atomic E-state index is 0.270. The van der Waals surface area contributed by atoms with Gasteiger partial charge in [-0.3, -0.25) is 0 Å². The van der Waals surface area contributed by atoms with E-state index in [0.29, 0.717) is 12.2 Å². The van der Waals surface area contributed by atoms with Crippen LogP contribution in [-0.2, 0) is 9.53 Å². The van der Waals surface area contributed by atoms with Crippen LogP contribution in [0, 0.1) is 6.42 Å². The minimum atomic E-state index is -0.270. The molecule has 0 amide bonds. The Morgan fingerprint density at radius 3 is 2.32 bits per heavy atom. The maximum Gasteiger partial charge on any atom is 0.333 e. The monoisotopic (exact) mass is 269 g/mol. The van der Waals surface area contributed by atoms with Gasteiger partial charge in [0.1, 0.15) is 0 Å². The molecule has 0 bridgehead atoms. The van der Waals surface area contributed by atoms with Gasteiger partial charge in [0.05, 0.1) is 34.3 Å². The van der Waals surface area contributed by atoms with E-state index in [-0.39, 0.29) is 5.97 Å². The summed E-state index contributed by atoms with van der Waals surface area (Å²) in [5.74, 6) is -0.270. The molecule has 0 aliphatic rings. The Labute approximate surface area is 119 Å². The van der Waals surface area contributed by atoms with Gasteiger partial charge in [-0.2, -0.15) is 0 Å². The molecule has 3 heteroatoms. The van der Waals surface area contributed by atoms with Crippen LogP contribution >= 0.6 is 0 Å². The summed E-state index contributed by atoms with van der Waals surface area (Å²) in [5.41, 5.74) is 0.479. The van der Waals surface area contributed by atoms with Gasteiger partial charge in [0.15, 0.2) is 0 Å². The zero-order valence-electron chi connectivity index (χ0n) is 13.2. The zero-order valence-corrected chi connectivity index (χ0v) is 13.2. The summed E-state index contributed by atoms with van der Waals surface area (Å²) in [6.07, 6.45) is 9.33. The number of carbonyl (C=O) groups is 1. The first-order valence-electron chi connectivity index (χ1n) is 7.27. The van der Waals surface area contributed by atoms with E-state index in [1.165, 1.54) is 32.2 Å². The van der Waals surface area contributed by atoms with Crippen LogP contribution in [0.2, 0.25) is 0 Å². The van der Waals surface area contributed by atoms with Gasteiger partial charge in [0.25, 0.3) is 0 Å². The smallest absolute Gasteiger partial charge is 0.333 e. The average Bonchev–Trinajstić information content (AvgIpc) is 2.29. The fourth-order valence-electron chi connectivity index (χ4n) is 1.66. The van der Waals surface area contributed by atoms with E-state index in [9.17, 15) is 4.79 Å². The van der Waals surface area contributed by atoms with Crippen LogP contribution < -0.4 is 0 Å². The lowest BCUT2D eigenvalue weighted by atomic mass is 10.1. The number of quaternary nitrogens is 1. The predicted molar refractivity (Wildman–Crippen MR) is 80.7 cm³/mol. The van der Waals surface area contributed by atoms with E-state index in [4.69, 9.17) is 4.74 Å². The summed E-state index contributed by atoms with van der Waals surface area (Å²) < 4.78 is 6.07. The van der Waals surface area contributed by atoms with Crippen LogP contribution in [0.25, 0.3) is 0 Å². The van der Waals surface area contributed by atoms with Crippen molar-refractivity contribution in [3.63, 3.8) is 0 Å². The van der Waals surface area contributed by atoms with Crippen molar-refractivity contribution in [3.05, 3.63) is 18.6 Å². The Bertz CT molecular complexity index is 266. The number of esters is 1. The molecule has 3 nitrogen and oxygen atoms in total. The van der Waals surface area contributed by atoms with Crippen LogP contribution in [-0.4, -0.2) is 44.7 Å². The Hall–Kier alpha value is -0.830. The number of hydrogen-bond donors (Lipinski definition) is 0. The molecule has 0 aromatic heterocycles. The van der Waals surface area contributed by atoms with Crippen molar-refractivity contribution in [3.8, 4) is 0 Å². The molecule has 0 unspecified atom stereocenters. The molecule has 0 heterocycles. The van der Waals surface area contributed by atoms with E-state index in [2.05, 4.69) is 34.1 Å². The lowest BCUT2D eigenvalue weighted by Crippen LogP contribution is -2.35. The summed E-state index contributed by atoms with van der Waals surface area (Å²) >= 11 is 0. The molecule has 0 atom stereocenters. The molecule has 0 saturated carbocycles. The highest BCUT2D eigenvalue weighted by Crippen LogP contribution is 2.08. The zero-order chi connectivity index (χ0) is 14.7. The molecule has 0 aliphatic carbocycles. The van der Waals surface area contributed by atoms with Gasteiger partial charge in [-0.1, -0.05) is 25.8 Å². The van der Waals surface area contributed by atoms with Crippen LogP contribution in [0.5, 0.6) is 0 Å². The third-order valence-corrected chi connectivity index (χ3v) is 2.89. The largest absolute Gasteiger partial charge is 0.462 e. The topological polar surface area (TPSA) is 26.3 Å². The molecular formula is C16H31NO2+. The van der Waals surface area contributed by atoms with Gasteiger partial charge < -0.3 is 9.22 Å². The number of unbranched alkanes of at least 4 members (excludes halogenated alkanes) is 6. The van der Waals surface area contributed by atoms with E-state index >= 15 is 0 Å². The van der Waals surface area contributed by atoms with Crippen molar-refractivity contribution in [1.29, 1.82) is 0 Å². The van der Waals surface area contributed by atoms with Crippen molar-refractivity contribution in [1.82, 2.24) is 0 Å². The number of rotatable bonds is 11. The van der Waals surface area contributed by atoms with Crippen LogP contribution in [0.1, 0.15) is 45.4 Å². The number of ether oxygens (including phenoxy) is 1. The van der Waals surface area contributed by atoms with Crippen LogP contribution in [0.15, 0.2) is 12.2 Å². The second kappa shape index (κ2) is 10.0. The third kappa shape index (κ3) is 13.4. The van der Waals surface area contributed by atoms with Crippen molar-refractivity contribution >= 4 is 5.97 Å². The summed E-state index contributed by atoms with van der Waals surface area (Å²) in [6, 6.07) is 0. The summed E-state index contributed by atoms with van der Waals surface area (Å²) in [4.78, 5) is 11.1. The lowest BCUT2D eigenvalue weighted by molar-refractivity contribution is -0.870. The first kappa shape index (κ1) is 18.2. The van der Waals surface area contributed by atoms with E-state index in [0.717, 1.165) is 17.3 Å².